The van der Waals surface area contributed by atoms with Crippen molar-refractivity contribution in [3.8, 4) is 23.0 Å². The third-order valence-electron chi connectivity index (χ3n) is 5.00. The molecule has 0 fully saturated rings. The Morgan fingerprint density at radius 1 is 0.912 bits per heavy atom. The number of benzene rings is 2. The Morgan fingerprint density at radius 3 is 1.91 bits per heavy atom. The lowest BCUT2D eigenvalue weighted by molar-refractivity contribution is 0.399. The van der Waals surface area contributed by atoms with Crippen LogP contribution in [0.5, 0.6) is 23.0 Å². The van der Waals surface area contributed by atoms with Crippen molar-refractivity contribution in [2.75, 3.05) is 7.11 Å². The van der Waals surface area contributed by atoms with Crippen LogP contribution in [0.4, 0.5) is 0 Å². The molecule has 34 heavy (non-hydrogen) atoms. The topological polar surface area (TPSA) is 100 Å². The van der Waals surface area contributed by atoms with Crippen LogP contribution in [-0.4, -0.2) is 26.7 Å². The van der Waals surface area contributed by atoms with Crippen LogP contribution in [-0.2, 0) is 12.8 Å². The van der Waals surface area contributed by atoms with Crippen LogP contribution in [0.1, 0.15) is 38.8 Å². The second-order valence-electron chi connectivity index (χ2n) is 8.02. The maximum atomic E-state index is 13.4. The van der Waals surface area contributed by atoms with Crippen LogP contribution in [0.3, 0.4) is 0 Å². The van der Waals surface area contributed by atoms with E-state index >= 15 is 0 Å². The van der Waals surface area contributed by atoms with Gasteiger partial charge in [0.25, 0.3) is 0 Å². The van der Waals surface area contributed by atoms with Gasteiger partial charge in [0.15, 0.2) is 15.8 Å². The first-order valence-corrected chi connectivity index (χ1v) is 11.6. The van der Waals surface area contributed by atoms with Crippen molar-refractivity contribution in [3.63, 3.8) is 0 Å². The van der Waals surface area contributed by atoms with Gasteiger partial charge in [0.2, 0.25) is 5.43 Å². The van der Waals surface area contributed by atoms with E-state index < -0.39 is 9.72 Å². The van der Waals surface area contributed by atoms with E-state index in [2.05, 4.69) is 0 Å². The number of ether oxygens (including phenoxy) is 1. The van der Waals surface area contributed by atoms with Gasteiger partial charge in [-0.1, -0.05) is 58.1 Å². The summed E-state index contributed by atoms with van der Waals surface area (Å²) in [6, 6.07) is 2.77. The number of rotatable bonds is 5. The number of halogens is 3. The Labute approximate surface area is 212 Å². The molecule has 0 saturated heterocycles. The van der Waals surface area contributed by atoms with Gasteiger partial charge in [0.05, 0.1) is 12.5 Å². The summed E-state index contributed by atoms with van der Waals surface area (Å²) in [6.45, 7) is 7.68. The van der Waals surface area contributed by atoms with Gasteiger partial charge in [0, 0.05) is 23.3 Å². The molecule has 184 valence electrons. The molecule has 0 saturated carbocycles. The van der Waals surface area contributed by atoms with Crippen LogP contribution >= 0.6 is 34.8 Å². The van der Waals surface area contributed by atoms with Crippen molar-refractivity contribution in [2.45, 2.75) is 44.8 Å². The summed E-state index contributed by atoms with van der Waals surface area (Å²) in [5.41, 5.74) is 2.57. The van der Waals surface area contributed by atoms with Crippen molar-refractivity contribution in [2.24, 2.45) is 0 Å². The Hall–Kier alpha value is -2.54. The largest absolute Gasteiger partial charge is 0.507 e. The van der Waals surface area contributed by atoms with Gasteiger partial charge < -0.3 is 24.5 Å². The molecule has 0 aliphatic rings. The monoisotopic (exact) mass is 528 g/mol. The van der Waals surface area contributed by atoms with E-state index in [4.69, 9.17) is 44.0 Å². The van der Waals surface area contributed by atoms with Crippen molar-refractivity contribution in [1.82, 2.24) is 0 Å². The normalized spacial score (nSPS) is 10.7. The van der Waals surface area contributed by atoms with Crippen molar-refractivity contribution < 1.29 is 24.5 Å². The number of hydrogen-bond donors (Lipinski definition) is 3. The highest BCUT2D eigenvalue weighted by Crippen LogP contribution is 2.40. The van der Waals surface area contributed by atoms with Gasteiger partial charge in [-0.15, -0.1) is 0 Å². The molecule has 0 spiro atoms. The average Bonchev–Trinajstić information content (AvgIpc) is 2.72. The number of phenolic OH excluding ortho intramolecular Hbond substituents is 3. The van der Waals surface area contributed by atoms with Crippen molar-refractivity contribution in [3.05, 3.63) is 56.8 Å². The smallest absolute Gasteiger partial charge is 0.204 e. The first-order valence-electron chi connectivity index (χ1n) is 10.3. The van der Waals surface area contributed by atoms with Gasteiger partial charge in [-0.3, -0.25) is 4.79 Å². The van der Waals surface area contributed by atoms with Gasteiger partial charge >= 0.3 is 0 Å². The van der Waals surface area contributed by atoms with Crippen LogP contribution in [0.2, 0.25) is 0 Å². The molecule has 0 unspecified atom stereocenters. The van der Waals surface area contributed by atoms with E-state index in [1.807, 2.05) is 39.8 Å². The average molecular weight is 530 g/mol. The van der Waals surface area contributed by atoms with Crippen LogP contribution < -0.4 is 10.2 Å². The summed E-state index contributed by atoms with van der Waals surface area (Å²) in [4.78, 5) is 13.4. The van der Waals surface area contributed by atoms with E-state index in [0.717, 1.165) is 11.1 Å². The zero-order valence-electron chi connectivity index (χ0n) is 19.5. The lowest BCUT2D eigenvalue weighted by Gasteiger charge is -2.14. The maximum absolute atomic E-state index is 13.4. The molecule has 9 heteroatoms. The second-order valence-corrected chi connectivity index (χ2v) is 10.0. The van der Waals surface area contributed by atoms with Gasteiger partial charge in [0.1, 0.15) is 28.1 Å². The predicted molar refractivity (Wildman–Crippen MR) is 139 cm³/mol. The minimum absolute atomic E-state index is 0.0176. The van der Waals surface area contributed by atoms with Gasteiger partial charge in [-0.2, -0.15) is 0 Å². The second kappa shape index (κ2) is 11.7. The highest BCUT2D eigenvalue weighted by Gasteiger charge is 2.22. The molecule has 0 aliphatic heterocycles. The Balaban J connectivity index is 0.000000945. The van der Waals surface area contributed by atoms with E-state index in [0.29, 0.717) is 17.7 Å². The number of aromatic hydroxyl groups is 3. The fraction of sp³-hybridized carbons (Fsp3) is 0.320. The van der Waals surface area contributed by atoms with Gasteiger partial charge in [-0.05, 0) is 40.5 Å². The molecule has 0 bridgehead atoms. The van der Waals surface area contributed by atoms with E-state index in [9.17, 15) is 20.1 Å². The summed E-state index contributed by atoms with van der Waals surface area (Å²) in [5, 5.41) is 31.6. The van der Waals surface area contributed by atoms with E-state index in [1.54, 1.807) is 6.07 Å². The predicted octanol–water partition coefficient (Wildman–Crippen LogP) is 7.08. The molecule has 3 aromatic rings. The van der Waals surface area contributed by atoms with Crippen molar-refractivity contribution in [1.29, 1.82) is 0 Å². The summed E-state index contributed by atoms with van der Waals surface area (Å²) in [7, 11) is 1.48. The lowest BCUT2D eigenvalue weighted by Crippen LogP contribution is -2.07. The molecule has 1 aromatic heterocycles. The minimum Gasteiger partial charge on any atom is -0.507 e. The third kappa shape index (κ3) is 6.32. The van der Waals surface area contributed by atoms with Crippen LogP contribution in [0.25, 0.3) is 21.9 Å². The molecule has 0 aliphatic carbocycles. The molecule has 0 radical (unpaired) electrons. The highest BCUT2D eigenvalue weighted by atomic mass is 35.6. The molecular weight excluding hydrogens is 503 g/mol. The minimum atomic E-state index is -0.750. The Morgan fingerprint density at radius 2 is 1.41 bits per heavy atom. The fourth-order valence-electron chi connectivity index (χ4n) is 3.41. The first kappa shape index (κ1) is 27.7. The Bertz CT molecular complexity index is 1310. The molecular formula is C25H27Cl3O6. The molecule has 0 atom stereocenters. The van der Waals surface area contributed by atoms with Crippen LogP contribution in [0, 0.1) is 0 Å². The quantitative estimate of drug-likeness (QED) is 0.141. The zero-order chi connectivity index (χ0) is 25.7. The van der Waals surface area contributed by atoms with Crippen molar-refractivity contribution >= 4 is 56.7 Å². The summed E-state index contributed by atoms with van der Waals surface area (Å²) in [5.74, 6) is -0.561. The molecule has 6 nitrogen and oxygen atoms in total. The summed E-state index contributed by atoms with van der Waals surface area (Å²) >= 11 is 14.4. The highest BCUT2D eigenvalue weighted by molar-refractivity contribution is 6.63. The fourth-order valence-corrected chi connectivity index (χ4v) is 3.41. The number of phenols is 3. The molecule has 3 rings (SSSR count). The SMILES string of the molecule is COc1cc2oc3cc(O)c(O)c(CC=C(C)C)c3c(=O)c2c(O)c1CC=C(C)C.ClC(Cl)Cl. The number of hydrogen-bond acceptors (Lipinski definition) is 6. The van der Waals surface area contributed by atoms with Gasteiger partial charge in [-0.25, -0.2) is 0 Å². The van der Waals surface area contributed by atoms with Crippen LogP contribution in [0.15, 0.2) is 44.6 Å². The number of fused-ring (bicyclic) bond motifs is 2. The zero-order valence-corrected chi connectivity index (χ0v) is 21.8. The van der Waals surface area contributed by atoms with E-state index in [1.165, 1.54) is 13.2 Å². The lowest BCUT2D eigenvalue weighted by atomic mass is 9.98. The summed E-state index contributed by atoms with van der Waals surface area (Å²) in [6.07, 6.45) is 4.38. The standard InChI is InChI=1S/C24H26O6.CHCl3/c1-12(2)6-8-14-17(29-5)11-19-21(23(14)27)24(28)20-15(9-7-13(3)4)22(26)16(25)10-18(20)30-19;2-1(3)4/h6-7,10-11,25-27H,8-9H2,1-5H3;1H. The Kier molecular flexibility index (Phi) is 9.56. The summed E-state index contributed by atoms with van der Waals surface area (Å²) < 4.78 is 10.5. The number of alkyl halides is 3. The van der Waals surface area contributed by atoms with E-state index in [-0.39, 0.29) is 51.2 Å². The molecule has 0 amide bonds. The molecule has 1 heterocycles. The molecule has 3 N–H and O–H groups in total. The molecule has 2 aromatic carbocycles. The third-order valence-corrected chi connectivity index (χ3v) is 5.00. The first-order chi connectivity index (χ1) is 15.9. The number of allylic oxidation sites excluding steroid dienone is 4. The number of methoxy groups -OCH3 is 1. The maximum Gasteiger partial charge on any atom is 0.204 e.